The normalized spacial score (nSPS) is 18.3. The molecular weight excluding hydrogens is 771 g/mol. The molecule has 0 aliphatic heterocycles. The van der Waals surface area contributed by atoms with Gasteiger partial charge in [0, 0.05) is 22.9 Å². The van der Waals surface area contributed by atoms with Crippen LogP contribution in [0.3, 0.4) is 0 Å². The van der Waals surface area contributed by atoms with Crippen molar-refractivity contribution in [2.75, 3.05) is 4.90 Å². The van der Waals surface area contributed by atoms with Gasteiger partial charge in [-0.3, -0.25) is 0 Å². The summed E-state index contributed by atoms with van der Waals surface area (Å²) in [5.41, 5.74) is 18.8. The van der Waals surface area contributed by atoms with Crippen LogP contribution < -0.4 is 4.90 Å². The molecule has 64 heavy (non-hydrogen) atoms. The minimum absolute atomic E-state index is 0.246. The number of anilines is 3. The lowest BCUT2D eigenvalue weighted by atomic mass is 9.67. The lowest BCUT2D eigenvalue weighted by molar-refractivity contribution is 0.768. The molecule has 0 aromatic heterocycles. The second-order valence-corrected chi connectivity index (χ2v) is 16.8. The van der Waals surface area contributed by atoms with Gasteiger partial charge in [0.1, 0.15) is 0 Å². The molecule has 0 amide bonds. The Bertz CT molecular complexity index is 3070. The van der Waals surface area contributed by atoms with Gasteiger partial charge in [-0.15, -0.1) is 0 Å². The fraction of sp³-hybridized carbons (Fsp3) is 0.0476. The molecule has 1 atom stereocenters. The van der Waals surface area contributed by atoms with Crippen LogP contribution in [-0.2, 0) is 5.41 Å². The van der Waals surface area contributed by atoms with Crippen molar-refractivity contribution in [3.63, 3.8) is 0 Å². The number of allylic oxidation sites excluding steroid dienone is 12. The van der Waals surface area contributed by atoms with Crippen LogP contribution in [0, 0.1) is 5.92 Å². The van der Waals surface area contributed by atoms with Crippen LogP contribution in [0.1, 0.15) is 34.2 Å². The van der Waals surface area contributed by atoms with Gasteiger partial charge in [0.05, 0.1) is 11.1 Å². The molecule has 11 rings (SSSR count). The molecule has 0 fully saturated rings. The Hall–Kier alpha value is -8.00. The van der Waals surface area contributed by atoms with E-state index in [0.29, 0.717) is 0 Å². The zero-order valence-corrected chi connectivity index (χ0v) is 35.6. The smallest absolute Gasteiger partial charge is 0.0714 e. The largest absolute Gasteiger partial charge is 0.310 e. The average Bonchev–Trinajstić information content (AvgIpc) is 3.67. The number of rotatable bonds is 8. The number of hydrogen-bond donors (Lipinski definition) is 0. The third-order valence-corrected chi connectivity index (χ3v) is 13.1. The fourth-order valence-corrected chi connectivity index (χ4v) is 10.2. The topological polar surface area (TPSA) is 3.24 Å². The van der Waals surface area contributed by atoms with Gasteiger partial charge in [0.2, 0.25) is 0 Å². The van der Waals surface area contributed by atoms with Gasteiger partial charge in [-0.1, -0.05) is 231 Å². The zero-order chi connectivity index (χ0) is 42.7. The number of nitrogens with zero attached hydrogens (tertiary/aromatic N) is 1. The number of fused-ring (bicyclic) bond motifs is 4. The van der Waals surface area contributed by atoms with Gasteiger partial charge in [-0.25, -0.2) is 0 Å². The lowest BCUT2D eigenvalue weighted by Gasteiger charge is -2.35. The zero-order valence-electron chi connectivity index (χ0n) is 35.6. The van der Waals surface area contributed by atoms with Crippen molar-refractivity contribution in [1.82, 2.24) is 0 Å². The molecule has 8 aromatic rings. The van der Waals surface area contributed by atoms with Gasteiger partial charge in [0.15, 0.2) is 0 Å². The van der Waals surface area contributed by atoms with Gasteiger partial charge in [-0.05, 0) is 110 Å². The molecule has 0 N–H and O–H groups in total. The van der Waals surface area contributed by atoms with Gasteiger partial charge >= 0.3 is 0 Å². The molecule has 0 saturated carbocycles. The first-order chi connectivity index (χ1) is 31.8. The van der Waals surface area contributed by atoms with Crippen molar-refractivity contribution in [2.24, 2.45) is 5.92 Å². The van der Waals surface area contributed by atoms with Crippen molar-refractivity contribution in [3.05, 3.63) is 300 Å². The average molecular weight is 818 g/mol. The van der Waals surface area contributed by atoms with E-state index in [1.807, 2.05) is 0 Å². The van der Waals surface area contributed by atoms with E-state index in [0.717, 1.165) is 34.6 Å². The summed E-state index contributed by atoms with van der Waals surface area (Å²) in [5, 5.41) is 0. The molecule has 8 aromatic carbocycles. The van der Waals surface area contributed by atoms with Gasteiger partial charge in [0.25, 0.3) is 0 Å². The minimum Gasteiger partial charge on any atom is -0.310 e. The predicted molar refractivity (Wildman–Crippen MR) is 270 cm³/mol. The van der Waals surface area contributed by atoms with Crippen molar-refractivity contribution in [2.45, 2.75) is 11.8 Å². The quantitative estimate of drug-likeness (QED) is 0.148. The van der Waals surface area contributed by atoms with Crippen molar-refractivity contribution in [1.29, 1.82) is 0 Å². The number of benzene rings is 8. The third-order valence-electron chi connectivity index (χ3n) is 13.1. The van der Waals surface area contributed by atoms with E-state index in [1.165, 1.54) is 61.2 Å². The summed E-state index contributed by atoms with van der Waals surface area (Å²) in [5.74, 6) is 0.246. The van der Waals surface area contributed by atoms with E-state index in [9.17, 15) is 0 Å². The monoisotopic (exact) mass is 817 g/mol. The highest BCUT2D eigenvalue weighted by Gasteiger charge is 2.46. The molecule has 3 aliphatic rings. The first-order valence-corrected chi connectivity index (χ1v) is 22.4. The Labute approximate surface area is 377 Å². The molecule has 304 valence electrons. The highest BCUT2D eigenvalue weighted by molar-refractivity contribution is 5.93. The van der Waals surface area contributed by atoms with Gasteiger partial charge < -0.3 is 4.90 Å². The van der Waals surface area contributed by atoms with E-state index in [4.69, 9.17) is 0 Å². The second-order valence-electron chi connectivity index (χ2n) is 16.8. The highest BCUT2D eigenvalue weighted by Crippen LogP contribution is 2.57. The molecule has 0 bridgehead atoms. The Kier molecular flexibility index (Phi) is 10.4. The Morgan fingerprint density at radius 2 is 0.953 bits per heavy atom. The molecule has 0 heterocycles. The summed E-state index contributed by atoms with van der Waals surface area (Å²) in [6.07, 6.45) is 23.0. The minimum atomic E-state index is -0.544. The maximum Gasteiger partial charge on any atom is 0.0714 e. The Morgan fingerprint density at radius 1 is 0.391 bits per heavy atom. The van der Waals surface area contributed by atoms with Crippen LogP contribution in [0.5, 0.6) is 0 Å². The molecule has 0 spiro atoms. The maximum atomic E-state index is 2.52. The summed E-state index contributed by atoms with van der Waals surface area (Å²) in [6, 6.07) is 76.1. The van der Waals surface area contributed by atoms with E-state index in [-0.39, 0.29) is 5.92 Å². The van der Waals surface area contributed by atoms with Crippen LogP contribution in [0.15, 0.2) is 273 Å². The summed E-state index contributed by atoms with van der Waals surface area (Å²) >= 11 is 0. The van der Waals surface area contributed by atoms with Crippen LogP contribution in [-0.4, -0.2) is 0 Å². The van der Waals surface area contributed by atoms with Gasteiger partial charge in [-0.2, -0.15) is 0 Å². The van der Waals surface area contributed by atoms with Crippen molar-refractivity contribution < 1.29 is 0 Å². The van der Waals surface area contributed by atoms with Crippen LogP contribution in [0.4, 0.5) is 17.1 Å². The SMILES string of the molecule is C1=C\C2=C/C=C\C=C/C=C(\c3ccccc3N(c3cc(-c4ccccc4)cc(-c4ccccc4)c3)c3ccc4c(c3)C(c3ccccc3)(c3ccccc3)c3ccccc3-4)CC2C=C1. The van der Waals surface area contributed by atoms with E-state index in [1.54, 1.807) is 0 Å². The van der Waals surface area contributed by atoms with Crippen LogP contribution in [0.2, 0.25) is 0 Å². The summed E-state index contributed by atoms with van der Waals surface area (Å²) < 4.78 is 0. The van der Waals surface area contributed by atoms with Crippen molar-refractivity contribution >= 4 is 22.6 Å². The van der Waals surface area contributed by atoms with Crippen LogP contribution >= 0.6 is 0 Å². The maximum absolute atomic E-state index is 2.52. The summed E-state index contributed by atoms with van der Waals surface area (Å²) in [4.78, 5) is 2.52. The molecular formula is C63H47N. The molecule has 0 saturated heterocycles. The van der Waals surface area contributed by atoms with E-state index < -0.39 is 5.41 Å². The first-order valence-electron chi connectivity index (χ1n) is 22.4. The molecule has 3 aliphatic carbocycles. The molecule has 1 unspecified atom stereocenters. The van der Waals surface area contributed by atoms with E-state index >= 15 is 0 Å². The molecule has 1 nitrogen and oxygen atoms in total. The Balaban J connectivity index is 1.20. The highest BCUT2D eigenvalue weighted by atomic mass is 15.1. The number of hydrogen-bond acceptors (Lipinski definition) is 1. The Morgan fingerprint density at radius 3 is 1.62 bits per heavy atom. The fourth-order valence-electron chi connectivity index (χ4n) is 10.2. The van der Waals surface area contributed by atoms with Crippen molar-refractivity contribution in [3.8, 4) is 33.4 Å². The molecule has 1 heteroatoms. The number of para-hydroxylation sites is 1. The van der Waals surface area contributed by atoms with E-state index in [2.05, 4.69) is 272 Å². The predicted octanol–water partition coefficient (Wildman–Crippen LogP) is 16.4. The lowest BCUT2D eigenvalue weighted by Crippen LogP contribution is -2.28. The summed E-state index contributed by atoms with van der Waals surface area (Å²) in [6.45, 7) is 0. The second kappa shape index (κ2) is 17.0. The standard InChI is InChI=1S/C63H47N/c1-2-8-30-50(41-49-29-18-17-28-46(49)23-7-1)57-35-20-22-38-62(57)64(56-43-51(47-24-9-3-10-25-47)42-52(44-56)48-26-11-4-12-27-48)55-39-40-59-58-36-19-21-37-60(58)63(61(59)45-55,53-31-13-5-14-32-53)54-33-15-6-16-34-54/h1-40,42-45,49H,41H2/b7-1-,8-2-,46-23+,50-30-. The summed E-state index contributed by atoms with van der Waals surface area (Å²) in [7, 11) is 0. The third kappa shape index (κ3) is 7.02. The molecule has 0 radical (unpaired) electrons. The first kappa shape index (κ1) is 38.9. The van der Waals surface area contributed by atoms with Crippen LogP contribution in [0.25, 0.3) is 39.0 Å².